The maximum Gasteiger partial charge on any atom is 0.323 e. The van der Waals surface area contributed by atoms with Crippen LogP contribution in [0.2, 0.25) is 0 Å². The number of amides is 3. The number of imide groups is 1. The number of fused-ring (bicyclic) bond motifs is 2. The zero-order valence-electron chi connectivity index (χ0n) is 17.9. The smallest absolute Gasteiger partial charge is 0.323 e. The van der Waals surface area contributed by atoms with Crippen LogP contribution in [-0.4, -0.2) is 41.3 Å². The first-order valence-corrected chi connectivity index (χ1v) is 11.5. The van der Waals surface area contributed by atoms with Crippen molar-refractivity contribution in [1.29, 1.82) is 0 Å². The lowest BCUT2D eigenvalue weighted by Gasteiger charge is -2.21. The van der Waals surface area contributed by atoms with Gasteiger partial charge in [0.2, 0.25) is 5.54 Å². The van der Waals surface area contributed by atoms with Gasteiger partial charge in [0, 0.05) is 33.8 Å². The summed E-state index contributed by atoms with van der Waals surface area (Å²) in [5, 5.41) is 17.1. The molecule has 0 bridgehead atoms. The first-order valence-electron chi connectivity index (χ1n) is 10.2. The number of carbonyl (C=O) groups is 2. The van der Waals surface area contributed by atoms with Gasteiger partial charge in [-0.15, -0.1) is 0 Å². The maximum atomic E-state index is 12.9. The van der Waals surface area contributed by atoms with Crippen LogP contribution in [0.15, 0.2) is 47.0 Å². The van der Waals surface area contributed by atoms with Crippen molar-refractivity contribution in [2.24, 2.45) is 4.36 Å². The third-order valence-corrected chi connectivity index (χ3v) is 7.15. The lowest BCUT2D eigenvalue weighted by atomic mass is 9.98. The Kier molecular flexibility index (Phi) is 5.08. The number of hydrogen-bond acceptors (Lipinski definition) is 6. The van der Waals surface area contributed by atoms with Crippen molar-refractivity contribution < 1.29 is 19.4 Å². The first-order chi connectivity index (χ1) is 15.9. The maximum absolute atomic E-state index is 12.9. The van der Waals surface area contributed by atoms with E-state index >= 15 is 0 Å². The molecule has 1 aromatic heterocycles. The third kappa shape index (κ3) is 3.61. The quantitative estimate of drug-likeness (QED) is 0.349. The number of benzene rings is 2. The van der Waals surface area contributed by atoms with E-state index in [1.807, 2.05) is 31.3 Å². The Balaban J connectivity index is 1.55. The highest BCUT2D eigenvalue weighted by atomic mass is 32.2. The highest BCUT2D eigenvalue weighted by Gasteiger charge is 2.46. The van der Waals surface area contributed by atoms with Crippen LogP contribution >= 0.6 is 0 Å². The van der Waals surface area contributed by atoms with Crippen molar-refractivity contribution in [3.8, 4) is 23.5 Å². The lowest BCUT2D eigenvalue weighted by molar-refractivity contribution is -0.122. The summed E-state index contributed by atoms with van der Waals surface area (Å²) in [5.41, 5.74) is 1.08. The highest BCUT2D eigenvalue weighted by molar-refractivity contribution is 7.84. The van der Waals surface area contributed by atoms with Gasteiger partial charge >= 0.3 is 6.03 Å². The second-order valence-electron chi connectivity index (χ2n) is 7.71. The van der Waals surface area contributed by atoms with Crippen LogP contribution in [0.5, 0.6) is 11.6 Å². The van der Waals surface area contributed by atoms with Crippen LogP contribution in [0.3, 0.4) is 0 Å². The number of hydrogen-bond donors (Lipinski definition) is 4. The molecule has 3 heterocycles. The molecule has 0 saturated carbocycles. The molecule has 2 aliphatic heterocycles. The molecular weight excluding hydrogens is 442 g/mol. The Hall–Kier alpha value is -3.81. The van der Waals surface area contributed by atoms with Crippen molar-refractivity contribution >= 4 is 39.3 Å². The summed E-state index contributed by atoms with van der Waals surface area (Å²) in [6.45, 7) is -0.0688. The molecule has 2 atom stereocenters. The van der Waals surface area contributed by atoms with Crippen molar-refractivity contribution in [3.05, 3.63) is 53.7 Å². The fourth-order valence-corrected chi connectivity index (χ4v) is 5.25. The predicted octanol–water partition coefficient (Wildman–Crippen LogP) is 2.07. The van der Waals surface area contributed by atoms with Crippen molar-refractivity contribution in [1.82, 2.24) is 19.9 Å². The number of ether oxygens (including phenoxy) is 1. The van der Waals surface area contributed by atoms with Gasteiger partial charge in [-0.3, -0.25) is 14.8 Å². The highest BCUT2D eigenvalue weighted by Crippen LogP contribution is 2.33. The molecule has 1 fully saturated rings. The summed E-state index contributed by atoms with van der Waals surface area (Å²) in [5.74, 6) is 6.78. The number of methoxy groups -OCH3 is 1. The van der Waals surface area contributed by atoms with Crippen molar-refractivity contribution in [2.75, 3.05) is 14.2 Å². The topological polar surface area (TPSA) is 117 Å². The van der Waals surface area contributed by atoms with E-state index in [0.29, 0.717) is 16.9 Å². The minimum absolute atomic E-state index is 0.0449. The molecule has 0 spiro atoms. The van der Waals surface area contributed by atoms with Gasteiger partial charge in [-0.2, -0.15) is 0 Å². The second kappa shape index (κ2) is 7.95. The van der Waals surface area contributed by atoms with Crippen LogP contribution in [0.4, 0.5) is 10.5 Å². The van der Waals surface area contributed by atoms with Gasteiger partial charge in [-0.1, -0.05) is 17.9 Å². The van der Waals surface area contributed by atoms with E-state index < -0.39 is 17.5 Å². The fraction of sp³-hybridized carbons (Fsp3) is 0.217. The van der Waals surface area contributed by atoms with E-state index in [4.69, 9.17) is 4.74 Å². The predicted molar refractivity (Wildman–Crippen MR) is 125 cm³/mol. The Bertz CT molecular complexity index is 1420. The number of urea groups is 1. The molecule has 0 radical (unpaired) electrons. The Morgan fingerprint density at radius 3 is 2.91 bits per heavy atom. The zero-order valence-corrected chi connectivity index (χ0v) is 18.7. The van der Waals surface area contributed by atoms with Gasteiger partial charge in [0.25, 0.3) is 5.91 Å². The molecule has 9 nitrogen and oxygen atoms in total. The van der Waals surface area contributed by atoms with E-state index in [0.717, 1.165) is 22.2 Å². The lowest BCUT2D eigenvalue weighted by Crippen LogP contribution is -2.49. The average molecular weight is 464 g/mol. The number of carbonyl (C=O) groups excluding carboxylic acids is 2. The summed E-state index contributed by atoms with van der Waals surface area (Å²) in [6, 6.07) is 10.4. The van der Waals surface area contributed by atoms with Crippen molar-refractivity contribution in [3.63, 3.8) is 0 Å². The normalized spacial score (nSPS) is 21.1. The van der Waals surface area contributed by atoms with Crippen LogP contribution in [0.25, 0.3) is 10.8 Å². The Labute approximate surface area is 192 Å². The first kappa shape index (κ1) is 21.1. The number of nitrogens with one attached hydrogen (secondary N) is 3. The molecule has 2 aliphatic rings. The van der Waals surface area contributed by atoms with Crippen molar-refractivity contribution in [2.45, 2.75) is 17.8 Å². The van der Waals surface area contributed by atoms with E-state index in [-0.39, 0.29) is 23.3 Å². The molecule has 168 valence electrons. The van der Waals surface area contributed by atoms with Crippen LogP contribution < -0.4 is 20.1 Å². The Morgan fingerprint density at radius 1 is 1.33 bits per heavy atom. The fourth-order valence-electron chi connectivity index (χ4n) is 3.97. The summed E-state index contributed by atoms with van der Waals surface area (Å²) in [6.07, 6.45) is 1.71. The number of aromatic nitrogens is 1. The average Bonchev–Trinajstić information content (AvgIpc) is 3.46. The van der Waals surface area contributed by atoms with Gasteiger partial charge in [-0.05, 0) is 48.3 Å². The summed E-state index contributed by atoms with van der Waals surface area (Å²) < 4.78 is 14.5. The molecule has 3 amide bonds. The molecule has 4 N–H and O–H groups in total. The summed E-state index contributed by atoms with van der Waals surface area (Å²) >= 11 is 0. The minimum Gasteiger partial charge on any atom is -0.497 e. The van der Waals surface area contributed by atoms with E-state index in [2.05, 4.69) is 31.6 Å². The number of nitrogens with zero attached hydrogens (tertiary/aromatic N) is 2. The zero-order chi connectivity index (χ0) is 23.2. The molecule has 2 aromatic carbocycles. The minimum atomic E-state index is -1.54. The summed E-state index contributed by atoms with van der Waals surface area (Å²) in [4.78, 5) is 24.9. The molecular formula is C23H21N5O4S. The molecule has 1 saturated heterocycles. The third-order valence-electron chi connectivity index (χ3n) is 5.70. The monoisotopic (exact) mass is 463 g/mol. The van der Waals surface area contributed by atoms with Gasteiger partial charge in [0.1, 0.15) is 5.75 Å². The van der Waals surface area contributed by atoms with Gasteiger partial charge in [0.05, 0.1) is 19.3 Å². The molecule has 33 heavy (non-hydrogen) atoms. The van der Waals surface area contributed by atoms with Gasteiger partial charge in [-0.25, -0.2) is 9.16 Å². The SMILES string of the molecule is CNS1=Nc2cccc(C#C[C@]3(Cn4cc5ccc(OC)cc5c4O)NC(=O)NC3=O)c2C1. The van der Waals surface area contributed by atoms with Gasteiger partial charge in [0.15, 0.2) is 5.88 Å². The molecule has 1 unspecified atom stereocenters. The molecule has 3 aromatic rings. The Morgan fingerprint density at radius 2 is 2.18 bits per heavy atom. The van der Waals surface area contributed by atoms with E-state index in [1.54, 1.807) is 25.4 Å². The van der Waals surface area contributed by atoms with Crippen LogP contribution in [0, 0.1) is 11.8 Å². The number of aromatic hydroxyl groups is 1. The van der Waals surface area contributed by atoms with E-state index in [1.165, 1.54) is 4.57 Å². The van der Waals surface area contributed by atoms with Crippen LogP contribution in [-0.2, 0) is 28.0 Å². The van der Waals surface area contributed by atoms with Crippen LogP contribution in [0.1, 0.15) is 11.1 Å². The number of rotatable bonds is 4. The largest absolute Gasteiger partial charge is 0.497 e. The standard InChI is InChI=1S/C23H21N5O4S/c1-24-33-12-18-14(4-3-5-19(18)27-33)8-9-23(21(30)25-22(31)26-23)13-28-11-15-6-7-16(32-2)10-17(15)20(28)29/h3-7,10-11,29H,12-13H2,1-2H3,(H,24,27)(H2,25,26,30,31)/t23-,33?/m1/s1. The second-order valence-corrected chi connectivity index (χ2v) is 9.31. The molecule has 0 aliphatic carbocycles. The van der Waals surface area contributed by atoms with Gasteiger partial charge < -0.3 is 19.7 Å². The van der Waals surface area contributed by atoms with E-state index in [9.17, 15) is 14.7 Å². The molecule has 5 rings (SSSR count). The summed E-state index contributed by atoms with van der Waals surface area (Å²) in [7, 11) is 3.10. The molecule has 10 heteroatoms.